The lowest BCUT2D eigenvalue weighted by Gasteiger charge is -2.30. The van der Waals surface area contributed by atoms with Crippen LogP contribution in [0.25, 0.3) is 5.57 Å². The number of aromatic hydroxyl groups is 1. The van der Waals surface area contributed by atoms with Crippen molar-refractivity contribution < 1.29 is 24.5 Å². The fraction of sp³-hybridized carbons (Fsp3) is 0.472. The minimum Gasteiger partial charge on any atom is -0.507 e. The monoisotopic (exact) mass is 597 g/mol. The number of aliphatic hydroxyl groups excluding tert-OH is 1. The first kappa shape index (κ1) is 30.0. The lowest BCUT2D eigenvalue weighted by atomic mass is 9.80. The zero-order valence-electron chi connectivity index (χ0n) is 26.3. The van der Waals surface area contributed by atoms with Gasteiger partial charge in [-0.05, 0) is 75.1 Å². The number of rotatable bonds is 8. The molecule has 0 atom stereocenters. The molecule has 2 aromatic rings. The van der Waals surface area contributed by atoms with Crippen molar-refractivity contribution >= 4 is 34.5 Å². The summed E-state index contributed by atoms with van der Waals surface area (Å²) in [5, 5.41) is 28.0. The number of ether oxygens (including phenoxy) is 1. The Hall–Kier alpha value is -4.07. The number of carbonyl (C=O) groups excluding carboxylic acids is 2. The maximum absolute atomic E-state index is 13.7. The number of allylic oxidation sites excluding steroid dienone is 2. The van der Waals surface area contributed by atoms with Crippen LogP contribution in [-0.2, 0) is 14.3 Å². The van der Waals surface area contributed by atoms with E-state index in [1.807, 2.05) is 39.0 Å². The number of phenols is 1. The van der Waals surface area contributed by atoms with Gasteiger partial charge in [0.15, 0.2) is 0 Å². The molecule has 0 unspecified atom stereocenters. The number of hydrogen-bond acceptors (Lipinski definition) is 7. The van der Waals surface area contributed by atoms with Gasteiger partial charge in [0, 0.05) is 30.4 Å². The summed E-state index contributed by atoms with van der Waals surface area (Å²) in [5.74, 6) is -0.0882. The Labute approximate surface area is 259 Å². The van der Waals surface area contributed by atoms with Gasteiger partial charge in [-0.25, -0.2) is 0 Å². The molecule has 44 heavy (non-hydrogen) atoms. The van der Waals surface area contributed by atoms with Crippen LogP contribution < -0.4 is 9.91 Å². The number of aliphatic hydroxyl groups is 1. The van der Waals surface area contributed by atoms with E-state index in [1.165, 1.54) is 63.5 Å². The van der Waals surface area contributed by atoms with Crippen LogP contribution in [0.15, 0.2) is 52.3 Å². The van der Waals surface area contributed by atoms with Crippen molar-refractivity contribution in [1.29, 1.82) is 0 Å². The third-order valence-electron chi connectivity index (χ3n) is 9.88. The van der Waals surface area contributed by atoms with E-state index in [2.05, 4.69) is 10.0 Å². The van der Waals surface area contributed by atoms with E-state index in [4.69, 9.17) is 4.74 Å². The number of nitrogens with zero attached hydrogens (tertiary/aromatic N) is 3. The number of carbonyl (C=O) groups is 2. The Morgan fingerprint density at radius 3 is 2.11 bits per heavy atom. The Kier molecular flexibility index (Phi) is 8.27. The number of hydrogen-bond donors (Lipinski definition) is 2. The SMILES string of the molecule is COC1=NN(c2c(C)cc(C)cc2C)C(=O)/C1=C1/C(=O)C(c2ccc(N(CCC3CCCC3)CC3CCCC3)cc2O)=C1O. The van der Waals surface area contributed by atoms with Gasteiger partial charge in [0.05, 0.1) is 23.9 Å². The number of amides is 1. The second-order valence-corrected chi connectivity index (χ2v) is 13.0. The van der Waals surface area contributed by atoms with Crippen LogP contribution in [0.1, 0.15) is 80.0 Å². The molecule has 2 fully saturated rings. The number of Topliss-reactive ketones (excluding diaryl/α,β-unsaturated/α-hetero) is 1. The van der Waals surface area contributed by atoms with Gasteiger partial charge in [0.2, 0.25) is 11.7 Å². The zero-order chi connectivity index (χ0) is 31.1. The molecule has 2 N–H and O–H groups in total. The second kappa shape index (κ2) is 12.1. The minimum atomic E-state index is -0.546. The number of hydrazone groups is 1. The van der Waals surface area contributed by atoms with Crippen LogP contribution in [0.2, 0.25) is 0 Å². The summed E-state index contributed by atoms with van der Waals surface area (Å²) in [6.45, 7) is 7.69. The Morgan fingerprint density at radius 1 is 0.886 bits per heavy atom. The molecule has 6 rings (SSSR count). The molecule has 0 radical (unpaired) electrons. The van der Waals surface area contributed by atoms with Crippen molar-refractivity contribution in [1.82, 2.24) is 0 Å². The van der Waals surface area contributed by atoms with Crippen molar-refractivity contribution in [3.8, 4) is 5.75 Å². The zero-order valence-corrected chi connectivity index (χ0v) is 26.3. The van der Waals surface area contributed by atoms with E-state index in [0.29, 0.717) is 11.6 Å². The predicted octanol–water partition coefficient (Wildman–Crippen LogP) is 7.05. The number of aryl methyl sites for hydroxylation is 3. The summed E-state index contributed by atoms with van der Waals surface area (Å²) < 4.78 is 5.41. The fourth-order valence-electron chi connectivity index (χ4n) is 7.68. The number of benzene rings is 2. The van der Waals surface area contributed by atoms with Gasteiger partial charge in [-0.3, -0.25) is 9.59 Å². The Balaban J connectivity index is 1.29. The maximum atomic E-state index is 13.7. The van der Waals surface area contributed by atoms with E-state index in [0.717, 1.165) is 47.8 Å². The Bertz CT molecular complexity index is 1570. The molecular weight excluding hydrogens is 554 g/mol. The molecule has 2 saturated carbocycles. The number of methoxy groups -OCH3 is 1. The first-order valence-electron chi connectivity index (χ1n) is 16.0. The highest BCUT2D eigenvalue weighted by Gasteiger charge is 2.46. The van der Waals surface area contributed by atoms with Gasteiger partial charge in [0.1, 0.15) is 17.1 Å². The molecular formula is C36H43N3O5. The smallest absolute Gasteiger partial charge is 0.285 e. The molecule has 232 valence electrons. The van der Waals surface area contributed by atoms with Crippen molar-refractivity contribution in [2.24, 2.45) is 16.9 Å². The molecule has 3 aliphatic carbocycles. The van der Waals surface area contributed by atoms with Crippen LogP contribution in [-0.4, -0.2) is 48.0 Å². The Morgan fingerprint density at radius 2 is 1.52 bits per heavy atom. The molecule has 1 heterocycles. The highest BCUT2D eigenvalue weighted by Crippen LogP contribution is 2.44. The van der Waals surface area contributed by atoms with Gasteiger partial charge >= 0.3 is 0 Å². The van der Waals surface area contributed by atoms with Crippen molar-refractivity contribution in [2.45, 2.75) is 78.6 Å². The van der Waals surface area contributed by atoms with E-state index < -0.39 is 11.7 Å². The van der Waals surface area contributed by atoms with Crippen molar-refractivity contribution in [3.05, 3.63) is 69.5 Å². The molecule has 2 aromatic carbocycles. The van der Waals surface area contributed by atoms with Crippen LogP contribution in [0, 0.1) is 32.6 Å². The predicted molar refractivity (Wildman–Crippen MR) is 173 cm³/mol. The summed E-state index contributed by atoms with van der Waals surface area (Å²) in [6, 6.07) is 9.28. The van der Waals surface area contributed by atoms with E-state index in [1.54, 1.807) is 12.1 Å². The average Bonchev–Trinajstić information content (AvgIpc) is 3.76. The van der Waals surface area contributed by atoms with Gasteiger partial charge in [-0.15, -0.1) is 5.10 Å². The molecule has 1 aliphatic heterocycles. The highest BCUT2D eigenvalue weighted by atomic mass is 16.5. The lowest BCUT2D eigenvalue weighted by Crippen LogP contribution is -2.31. The van der Waals surface area contributed by atoms with Gasteiger partial charge in [-0.1, -0.05) is 56.2 Å². The van der Waals surface area contributed by atoms with Crippen LogP contribution in [0.5, 0.6) is 5.75 Å². The van der Waals surface area contributed by atoms with Crippen LogP contribution >= 0.6 is 0 Å². The first-order chi connectivity index (χ1) is 21.2. The van der Waals surface area contributed by atoms with Gasteiger partial charge < -0.3 is 19.8 Å². The third kappa shape index (κ3) is 5.39. The quantitative estimate of drug-likeness (QED) is 0.316. The van der Waals surface area contributed by atoms with Gasteiger partial charge in [-0.2, -0.15) is 5.01 Å². The molecule has 8 nitrogen and oxygen atoms in total. The summed E-state index contributed by atoms with van der Waals surface area (Å²) >= 11 is 0. The van der Waals surface area contributed by atoms with Gasteiger partial charge in [0.25, 0.3) is 5.91 Å². The molecule has 1 amide bonds. The molecule has 0 saturated heterocycles. The number of ketones is 1. The van der Waals surface area contributed by atoms with E-state index >= 15 is 0 Å². The topological polar surface area (TPSA) is 103 Å². The largest absolute Gasteiger partial charge is 0.507 e. The summed E-state index contributed by atoms with van der Waals surface area (Å²) in [4.78, 5) is 29.6. The second-order valence-electron chi connectivity index (χ2n) is 13.0. The number of anilines is 2. The molecule has 0 spiro atoms. The van der Waals surface area contributed by atoms with Crippen LogP contribution in [0.4, 0.5) is 11.4 Å². The van der Waals surface area contributed by atoms with Crippen LogP contribution in [0.3, 0.4) is 0 Å². The standard InChI is InChI=1S/C36H43N3O5/c1-21-17-22(2)32(23(3)18-21)39-36(43)31(35(37-39)44-4)30-33(41)29(34(30)42)27-14-13-26(19-28(27)40)38(20-25-11-7-8-12-25)16-15-24-9-5-6-10-24/h13-14,17-19,24-25,40-41H,5-12,15-16,20H2,1-4H3/b31-30+. The molecule has 0 aromatic heterocycles. The highest BCUT2D eigenvalue weighted by molar-refractivity contribution is 6.45. The normalized spacial score (nSPS) is 21.0. The summed E-state index contributed by atoms with van der Waals surface area (Å²) in [7, 11) is 1.38. The molecule has 4 aliphatic rings. The van der Waals surface area contributed by atoms with E-state index in [9.17, 15) is 19.8 Å². The minimum absolute atomic E-state index is 0.00533. The first-order valence-corrected chi connectivity index (χ1v) is 16.0. The molecule has 8 heteroatoms. The number of phenolic OH excluding ortho intramolecular Hbond substituents is 1. The lowest BCUT2D eigenvalue weighted by molar-refractivity contribution is -0.115. The summed E-state index contributed by atoms with van der Waals surface area (Å²) in [6.07, 6.45) is 11.4. The maximum Gasteiger partial charge on any atom is 0.285 e. The summed E-state index contributed by atoms with van der Waals surface area (Å²) in [5.41, 5.74) is 4.35. The fourth-order valence-corrected chi connectivity index (χ4v) is 7.68. The molecule has 0 bridgehead atoms. The van der Waals surface area contributed by atoms with Crippen molar-refractivity contribution in [3.63, 3.8) is 0 Å². The third-order valence-corrected chi connectivity index (χ3v) is 9.88. The van der Waals surface area contributed by atoms with E-state index in [-0.39, 0.29) is 39.7 Å². The van der Waals surface area contributed by atoms with Crippen molar-refractivity contribution in [2.75, 3.05) is 30.1 Å². The average molecular weight is 598 g/mol.